The molecule has 0 aromatic heterocycles. The van der Waals surface area contributed by atoms with Gasteiger partial charge in [0.2, 0.25) is 0 Å². The lowest BCUT2D eigenvalue weighted by Gasteiger charge is -2.24. The van der Waals surface area contributed by atoms with E-state index < -0.39 is 21.8 Å². The molecule has 9 heteroatoms. The van der Waals surface area contributed by atoms with Crippen molar-refractivity contribution >= 4 is 27.6 Å². The van der Waals surface area contributed by atoms with Gasteiger partial charge in [-0.1, -0.05) is 17.7 Å². The molecule has 0 saturated heterocycles. The van der Waals surface area contributed by atoms with Crippen molar-refractivity contribution in [3.8, 4) is 5.75 Å². The normalized spacial score (nSPS) is 13.5. The molecule has 5 nitrogen and oxygen atoms in total. The molecule has 3 aromatic carbocycles. The van der Waals surface area contributed by atoms with Crippen LogP contribution in [0.2, 0.25) is 5.02 Å². The first-order valence-electron chi connectivity index (χ1n) is 10.2. The van der Waals surface area contributed by atoms with Crippen LogP contribution in [-0.2, 0) is 16.7 Å². The van der Waals surface area contributed by atoms with E-state index >= 15 is 0 Å². The Morgan fingerprint density at radius 1 is 1.00 bits per heavy atom. The molecular weight excluding hydrogens is 472 g/mol. The number of hydrogen-bond donors (Lipinski definition) is 0. The largest absolute Gasteiger partial charge is 0.379 e. The molecule has 0 unspecified atom stereocenters. The van der Waals surface area contributed by atoms with Crippen molar-refractivity contribution in [1.82, 2.24) is 4.90 Å². The van der Waals surface area contributed by atoms with E-state index in [0.717, 1.165) is 43.2 Å². The van der Waals surface area contributed by atoms with Crippen LogP contribution < -0.4 is 4.18 Å². The number of halogens is 3. The van der Waals surface area contributed by atoms with Crippen molar-refractivity contribution in [3.63, 3.8) is 0 Å². The number of carbonyl (C=O) groups excluding carboxylic acids is 1. The molecule has 0 heterocycles. The zero-order chi connectivity index (χ0) is 23.6. The van der Waals surface area contributed by atoms with Crippen molar-refractivity contribution in [1.29, 1.82) is 0 Å². The van der Waals surface area contributed by atoms with Crippen molar-refractivity contribution in [2.24, 2.45) is 5.92 Å². The van der Waals surface area contributed by atoms with Crippen LogP contribution in [0.15, 0.2) is 71.6 Å². The Bertz CT molecular complexity index is 1280. The number of benzene rings is 3. The van der Waals surface area contributed by atoms with Crippen molar-refractivity contribution in [3.05, 3.63) is 94.5 Å². The van der Waals surface area contributed by atoms with Gasteiger partial charge in [-0.3, -0.25) is 4.79 Å². The number of carbonyl (C=O) groups is 1. The molecule has 0 atom stereocenters. The summed E-state index contributed by atoms with van der Waals surface area (Å²) in [7, 11) is -4.25. The Morgan fingerprint density at radius 2 is 1.73 bits per heavy atom. The summed E-state index contributed by atoms with van der Waals surface area (Å²) >= 11 is 6.14. The first kappa shape index (κ1) is 23.2. The third-order valence-corrected chi connectivity index (χ3v) is 6.70. The molecule has 0 aliphatic heterocycles. The molecular formula is C24H20ClF2NO4S. The average Bonchev–Trinajstić information content (AvgIpc) is 3.59. The van der Waals surface area contributed by atoms with Gasteiger partial charge in [0.1, 0.15) is 22.3 Å². The van der Waals surface area contributed by atoms with Crippen LogP contribution in [0.4, 0.5) is 8.78 Å². The molecule has 1 saturated carbocycles. The molecule has 1 amide bonds. The first-order chi connectivity index (χ1) is 15.7. The van der Waals surface area contributed by atoms with E-state index in [0.29, 0.717) is 23.0 Å². The highest BCUT2D eigenvalue weighted by Gasteiger charge is 2.29. The van der Waals surface area contributed by atoms with Crippen molar-refractivity contribution in [2.45, 2.75) is 24.3 Å². The van der Waals surface area contributed by atoms with Crippen LogP contribution in [-0.4, -0.2) is 25.8 Å². The zero-order valence-corrected chi connectivity index (χ0v) is 19.0. The van der Waals surface area contributed by atoms with Gasteiger partial charge in [0, 0.05) is 29.2 Å². The molecule has 0 radical (unpaired) electrons. The topological polar surface area (TPSA) is 63.7 Å². The van der Waals surface area contributed by atoms with Crippen LogP contribution >= 0.6 is 11.6 Å². The van der Waals surface area contributed by atoms with Gasteiger partial charge in [0.05, 0.1) is 0 Å². The molecule has 3 aromatic rings. The molecule has 0 N–H and O–H groups in total. The Labute approximate surface area is 195 Å². The fourth-order valence-corrected chi connectivity index (χ4v) is 4.52. The molecule has 0 spiro atoms. The fourth-order valence-electron chi connectivity index (χ4n) is 3.36. The lowest BCUT2D eigenvalue weighted by Crippen LogP contribution is -2.32. The maximum atomic E-state index is 13.7. The van der Waals surface area contributed by atoms with Crippen LogP contribution in [0.5, 0.6) is 5.75 Å². The monoisotopic (exact) mass is 491 g/mol. The van der Waals surface area contributed by atoms with Crippen molar-refractivity contribution in [2.75, 3.05) is 6.54 Å². The Balaban J connectivity index is 1.63. The van der Waals surface area contributed by atoms with Crippen molar-refractivity contribution < 1.29 is 26.2 Å². The van der Waals surface area contributed by atoms with Crippen LogP contribution in [0, 0.1) is 17.6 Å². The highest BCUT2D eigenvalue weighted by Crippen LogP contribution is 2.33. The van der Waals surface area contributed by atoms with Crippen LogP contribution in [0.3, 0.4) is 0 Å². The third kappa shape index (κ3) is 5.89. The minimum absolute atomic E-state index is 0.00318. The summed E-state index contributed by atoms with van der Waals surface area (Å²) < 4.78 is 57.6. The number of amides is 1. The van der Waals surface area contributed by atoms with Gasteiger partial charge < -0.3 is 9.08 Å². The van der Waals surface area contributed by atoms with Gasteiger partial charge in [-0.05, 0) is 79.4 Å². The standard InChI is InChI=1S/C24H20ClF2NO4S/c25-19-6-11-23(32-33(30,31)22-9-7-20(26)8-10-22)18(12-19)15-28(14-16-4-5-16)24(29)17-2-1-3-21(27)13-17/h1-3,6-13,16H,4-5,14-15H2. The fraction of sp³-hybridized carbons (Fsp3) is 0.208. The molecule has 1 fully saturated rings. The zero-order valence-electron chi connectivity index (χ0n) is 17.4. The van der Waals surface area contributed by atoms with E-state index in [1.807, 2.05) is 0 Å². The summed E-state index contributed by atoms with van der Waals surface area (Å²) in [5.74, 6) is -1.16. The molecule has 1 aliphatic rings. The summed E-state index contributed by atoms with van der Waals surface area (Å²) in [6.07, 6.45) is 1.95. The predicted octanol–water partition coefficient (Wildman–Crippen LogP) is 5.44. The molecule has 172 valence electrons. The molecule has 1 aliphatic carbocycles. The Kier molecular flexibility index (Phi) is 6.67. The number of rotatable bonds is 8. The lowest BCUT2D eigenvalue weighted by molar-refractivity contribution is 0.0734. The second-order valence-electron chi connectivity index (χ2n) is 7.88. The maximum absolute atomic E-state index is 13.7. The SMILES string of the molecule is O=C(c1cccc(F)c1)N(Cc1cc(Cl)ccc1OS(=O)(=O)c1ccc(F)cc1)CC1CC1. The van der Waals surface area contributed by atoms with Crippen LogP contribution in [0.1, 0.15) is 28.8 Å². The predicted molar refractivity (Wildman–Crippen MR) is 120 cm³/mol. The van der Waals surface area contributed by atoms with Gasteiger partial charge >= 0.3 is 10.1 Å². The highest BCUT2D eigenvalue weighted by atomic mass is 35.5. The Morgan fingerprint density at radius 3 is 2.39 bits per heavy atom. The van der Waals surface area contributed by atoms with E-state index in [1.54, 1.807) is 0 Å². The first-order valence-corrected chi connectivity index (χ1v) is 12.0. The second kappa shape index (κ2) is 9.49. The molecule has 33 heavy (non-hydrogen) atoms. The summed E-state index contributed by atoms with van der Waals surface area (Å²) in [6.45, 7) is 0.451. The lowest BCUT2D eigenvalue weighted by atomic mass is 10.1. The third-order valence-electron chi connectivity index (χ3n) is 5.22. The van der Waals surface area contributed by atoms with Gasteiger partial charge in [-0.25, -0.2) is 8.78 Å². The smallest absolute Gasteiger partial charge is 0.339 e. The molecule has 0 bridgehead atoms. The second-order valence-corrected chi connectivity index (χ2v) is 9.87. The van der Waals surface area contributed by atoms with Gasteiger partial charge in [0.15, 0.2) is 0 Å². The van der Waals surface area contributed by atoms with Gasteiger partial charge in [0.25, 0.3) is 5.91 Å². The maximum Gasteiger partial charge on any atom is 0.339 e. The summed E-state index contributed by atoms with van der Waals surface area (Å²) in [5, 5.41) is 0.334. The number of nitrogens with zero attached hydrogens (tertiary/aromatic N) is 1. The Hall–Kier alpha value is -2.97. The summed E-state index contributed by atoms with van der Waals surface area (Å²) in [6, 6.07) is 14.1. The summed E-state index contributed by atoms with van der Waals surface area (Å²) in [4.78, 5) is 14.5. The molecule has 4 rings (SSSR count). The van der Waals surface area contributed by atoms with E-state index in [4.69, 9.17) is 15.8 Å². The van der Waals surface area contributed by atoms with E-state index in [2.05, 4.69) is 0 Å². The number of hydrogen-bond acceptors (Lipinski definition) is 4. The van der Waals surface area contributed by atoms with Gasteiger partial charge in [-0.15, -0.1) is 0 Å². The average molecular weight is 492 g/mol. The summed E-state index contributed by atoms with van der Waals surface area (Å²) in [5.41, 5.74) is 0.567. The highest BCUT2D eigenvalue weighted by molar-refractivity contribution is 7.87. The van der Waals surface area contributed by atoms with Crippen LogP contribution in [0.25, 0.3) is 0 Å². The van der Waals surface area contributed by atoms with E-state index in [9.17, 15) is 22.0 Å². The van der Waals surface area contributed by atoms with Gasteiger partial charge in [-0.2, -0.15) is 8.42 Å². The van der Waals surface area contributed by atoms with E-state index in [1.165, 1.54) is 41.3 Å². The minimum Gasteiger partial charge on any atom is -0.379 e. The minimum atomic E-state index is -4.25. The van der Waals surface area contributed by atoms with E-state index in [-0.39, 0.29) is 28.7 Å². The quantitative estimate of drug-likeness (QED) is 0.394.